The van der Waals surface area contributed by atoms with Crippen LogP contribution in [0, 0.1) is 0 Å². The number of nitrogens with one attached hydrogen (secondary N) is 1. The molecule has 18 heavy (non-hydrogen) atoms. The summed E-state index contributed by atoms with van der Waals surface area (Å²) in [6.07, 6.45) is 4.11. The topological polar surface area (TPSA) is 24.9 Å². The fourth-order valence-electron chi connectivity index (χ4n) is 1.57. The van der Waals surface area contributed by atoms with Crippen molar-refractivity contribution in [2.45, 2.75) is 6.42 Å². The molecule has 0 aliphatic heterocycles. The molecule has 0 saturated carbocycles. The summed E-state index contributed by atoms with van der Waals surface area (Å²) in [6, 6.07) is 7.35. The van der Waals surface area contributed by atoms with Crippen molar-refractivity contribution in [2.75, 3.05) is 11.9 Å². The molecule has 0 spiro atoms. The van der Waals surface area contributed by atoms with E-state index in [1.807, 2.05) is 18.2 Å². The summed E-state index contributed by atoms with van der Waals surface area (Å²) in [5, 5.41) is 5.18. The first-order valence-corrected chi connectivity index (χ1v) is 6.57. The van der Waals surface area contributed by atoms with Gasteiger partial charge in [0.25, 0.3) is 0 Å². The van der Waals surface area contributed by atoms with Crippen molar-refractivity contribution in [1.82, 2.24) is 4.98 Å². The van der Waals surface area contributed by atoms with Crippen molar-refractivity contribution in [2.24, 2.45) is 0 Å². The van der Waals surface area contributed by atoms with Crippen molar-refractivity contribution < 1.29 is 0 Å². The van der Waals surface area contributed by atoms with Crippen LogP contribution in [0.15, 0.2) is 36.7 Å². The molecule has 2 nitrogen and oxygen atoms in total. The summed E-state index contributed by atoms with van der Waals surface area (Å²) in [5.74, 6) is 0. The molecule has 0 atom stereocenters. The lowest BCUT2D eigenvalue weighted by Gasteiger charge is -2.09. The number of aromatic nitrogens is 1. The number of pyridine rings is 1. The van der Waals surface area contributed by atoms with Gasteiger partial charge >= 0.3 is 0 Å². The number of halogens is 3. The van der Waals surface area contributed by atoms with E-state index in [2.05, 4.69) is 10.3 Å². The van der Waals surface area contributed by atoms with E-state index in [4.69, 9.17) is 34.8 Å². The lowest BCUT2D eigenvalue weighted by Crippen LogP contribution is -2.05. The first-order valence-electron chi connectivity index (χ1n) is 5.44. The van der Waals surface area contributed by atoms with Crippen LogP contribution in [0.2, 0.25) is 15.1 Å². The molecule has 0 radical (unpaired) electrons. The summed E-state index contributed by atoms with van der Waals surface area (Å²) in [5.41, 5.74) is 1.93. The largest absolute Gasteiger partial charge is 0.383 e. The molecule has 2 aromatic rings. The summed E-state index contributed by atoms with van der Waals surface area (Å²) in [7, 11) is 0. The van der Waals surface area contributed by atoms with E-state index in [-0.39, 0.29) is 0 Å². The zero-order valence-corrected chi connectivity index (χ0v) is 11.7. The first kappa shape index (κ1) is 13.5. The van der Waals surface area contributed by atoms with Gasteiger partial charge in [-0.05, 0) is 30.2 Å². The van der Waals surface area contributed by atoms with Gasteiger partial charge in [-0.1, -0.05) is 40.9 Å². The zero-order valence-electron chi connectivity index (χ0n) is 9.46. The van der Waals surface area contributed by atoms with Gasteiger partial charge in [0, 0.05) is 29.0 Å². The van der Waals surface area contributed by atoms with Crippen molar-refractivity contribution in [1.29, 1.82) is 0 Å². The van der Waals surface area contributed by atoms with Gasteiger partial charge in [-0.2, -0.15) is 0 Å². The molecule has 1 aromatic carbocycles. The van der Waals surface area contributed by atoms with Crippen LogP contribution in [0.4, 0.5) is 5.69 Å². The average Bonchev–Trinajstić information content (AvgIpc) is 2.34. The molecule has 0 aliphatic rings. The molecule has 0 aliphatic carbocycles. The Morgan fingerprint density at radius 3 is 2.61 bits per heavy atom. The number of hydrogen-bond acceptors (Lipinski definition) is 2. The highest BCUT2D eigenvalue weighted by Crippen LogP contribution is 2.22. The van der Waals surface area contributed by atoms with Crippen LogP contribution < -0.4 is 5.32 Å². The highest BCUT2D eigenvalue weighted by Gasteiger charge is 2.02. The Bertz CT molecular complexity index is 544. The van der Waals surface area contributed by atoms with Gasteiger partial charge in [0.15, 0.2) is 0 Å². The zero-order chi connectivity index (χ0) is 13.0. The van der Waals surface area contributed by atoms with Crippen molar-refractivity contribution >= 4 is 40.5 Å². The average molecular weight is 302 g/mol. The van der Waals surface area contributed by atoms with Crippen molar-refractivity contribution in [3.63, 3.8) is 0 Å². The van der Waals surface area contributed by atoms with E-state index >= 15 is 0 Å². The van der Waals surface area contributed by atoms with E-state index in [1.165, 1.54) is 0 Å². The van der Waals surface area contributed by atoms with Gasteiger partial charge in [0.1, 0.15) is 0 Å². The van der Waals surface area contributed by atoms with Crippen LogP contribution in [0.25, 0.3) is 0 Å². The first-order chi connectivity index (χ1) is 8.66. The second kappa shape index (κ2) is 6.28. The molecule has 0 fully saturated rings. The number of nitrogens with zero attached hydrogens (tertiary/aromatic N) is 1. The standard InChI is InChI=1S/C13H11Cl3N2/c14-10-2-1-9(11(15)7-10)3-6-18-13-4-5-17-8-12(13)16/h1-2,4-5,7-8H,3,6H2,(H,17,18). The van der Waals surface area contributed by atoms with E-state index in [1.54, 1.807) is 18.5 Å². The Morgan fingerprint density at radius 2 is 1.89 bits per heavy atom. The summed E-state index contributed by atoms with van der Waals surface area (Å²) < 4.78 is 0. The van der Waals surface area contributed by atoms with E-state index < -0.39 is 0 Å². The van der Waals surface area contributed by atoms with Gasteiger partial charge in [0.2, 0.25) is 0 Å². The quantitative estimate of drug-likeness (QED) is 0.885. The molecule has 5 heteroatoms. The van der Waals surface area contributed by atoms with E-state index in [0.29, 0.717) is 15.1 Å². The Morgan fingerprint density at radius 1 is 1.06 bits per heavy atom. The summed E-state index contributed by atoms with van der Waals surface area (Å²) in [6.45, 7) is 0.741. The third-order valence-electron chi connectivity index (χ3n) is 2.50. The lowest BCUT2D eigenvalue weighted by atomic mass is 10.1. The molecule has 0 bridgehead atoms. The van der Waals surface area contributed by atoms with Crippen LogP contribution >= 0.6 is 34.8 Å². The van der Waals surface area contributed by atoms with Crippen LogP contribution in [0.1, 0.15) is 5.56 Å². The maximum absolute atomic E-state index is 6.09. The Kier molecular flexibility index (Phi) is 4.70. The molecular formula is C13H11Cl3N2. The Balaban J connectivity index is 1.95. The van der Waals surface area contributed by atoms with Crippen molar-refractivity contribution in [3.8, 4) is 0 Å². The number of benzene rings is 1. The Labute approximate surface area is 121 Å². The van der Waals surface area contributed by atoms with Gasteiger partial charge in [0.05, 0.1) is 10.7 Å². The second-order valence-corrected chi connectivity index (χ2v) is 5.02. The molecule has 94 valence electrons. The van der Waals surface area contributed by atoms with Crippen LogP contribution in [-0.2, 0) is 6.42 Å². The molecule has 1 heterocycles. The second-order valence-electron chi connectivity index (χ2n) is 3.77. The van der Waals surface area contributed by atoms with Crippen LogP contribution in [-0.4, -0.2) is 11.5 Å². The van der Waals surface area contributed by atoms with Gasteiger partial charge in [-0.3, -0.25) is 4.98 Å². The highest BCUT2D eigenvalue weighted by atomic mass is 35.5. The predicted octanol–water partition coefficient (Wildman–Crippen LogP) is 4.70. The molecule has 1 aromatic heterocycles. The smallest absolute Gasteiger partial charge is 0.0820 e. The normalized spacial score (nSPS) is 10.4. The Hall–Kier alpha value is -0.960. The van der Waals surface area contributed by atoms with Crippen LogP contribution in [0.5, 0.6) is 0 Å². The fourth-order valence-corrected chi connectivity index (χ4v) is 2.26. The van der Waals surface area contributed by atoms with E-state index in [0.717, 1.165) is 24.2 Å². The SMILES string of the molecule is Clc1ccc(CCNc2ccncc2Cl)c(Cl)c1. The maximum atomic E-state index is 6.09. The van der Waals surface area contributed by atoms with Gasteiger partial charge in [-0.25, -0.2) is 0 Å². The minimum atomic E-state index is 0.611. The van der Waals surface area contributed by atoms with E-state index in [9.17, 15) is 0 Å². The third-order valence-corrected chi connectivity index (χ3v) is 3.39. The van der Waals surface area contributed by atoms with Crippen LogP contribution in [0.3, 0.4) is 0 Å². The molecule has 2 rings (SSSR count). The maximum Gasteiger partial charge on any atom is 0.0820 e. The number of hydrogen-bond donors (Lipinski definition) is 1. The number of anilines is 1. The molecular weight excluding hydrogens is 291 g/mol. The summed E-state index contributed by atoms with van der Waals surface area (Å²) in [4.78, 5) is 3.93. The lowest BCUT2D eigenvalue weighted by molar-refractivity contribution is 1.02. The molecule has 0 saturated heterocycles. The number of rotatable bonds is 4. The molecule has 1 N–H and O–H groups in total. The molecule has 0 amide bonds. The monoisotopic (exact) mass is 300 g/mol. The van der Waals surface area contributed by atoms with Crippen molar-refractivity contribution in [3.05, 3.63) is 57.3 Å². The minimum absolute atomic E-state index is 0.611. The molecule has 0 unspecified atom stereocenters. The predicted molar refractivity (Wildman–Crippen MR) is 77.9 cm³/mol. The fraction of sp³-hybridized carbons (Fsp3) is 0.154. The highest BCUT2D eigenvalue weighted by molar-refractivity contribution is 6.35. The third kappa shape index (κ3) is 3.52. The minimum Gasteiger partial charge on any atom is -0.383 e. The summed E-state index contributed by atoms with van der Waals surface area (Å²) >= 11 is 17.9. The van der Waals surface area contributed by atoms with Gasteiger partial charge in [-0.15, -0.1) is 0 Å². The van der Waals surface area contributed by atoms with Gasteiger partial charge < -0.3 is 5.32 Å².